The van der Waals surface area contributed by atoms with E-state index in [4.69, 9.17) is 11.6 Å². The summed E-state index contributed by atoms with van der Waals surface area (Å²) in [5, 5.41) is 3.49. The number of rotatable bonds is 3. The molecule has 21 heavy (non-hydrogen) atoms. The minimum atomic E-state index is -4.42. The van der Waals surface area contributed by atoms with Gasteiger partial charge in [0.1, 0.15) is 5.82 Å². The Labute approximate surface area is 127 Å². The molecule has 2 heterocycles. The lowest BCUT2D eigenvalue weighted by atomic mass is 10.1. The van der Waals surface area contributed by atoms with Crippen LogP contribution in [-0.2, 0) is 6.18 Å². The van der Waals surface area contributed by atoms with E-state index < -0.39 is 11.7 Å². The van der Waals surface area contributed by atoms with Crippen LogP contribution in [0.15, 0.2) is 12.3 Å². The molecule has 1 saturated heterocycles. The van der Waals surface area contributed by atoms with Crippen LogP contribution in [0.2, 0.25) is 5.02 Å². The lowest BCUT2D eigenvalue weighted by Crippen LogP contribution is -2.56. The van der Waals surface area contributed by atoms with Gasteiger partial charge in [0.05, 0.1) is 10.6 Å². The number of halogens is 4. The maximum Gasteiger partial charge on any atom is 0.417 e. The number of pyridine rings is 1. The Balaban J connectivity index is 2.30. The van der Waals surface area contributed by atoms with E-state index in [-0.39, 0.29) is 11.1 Å². The van der Waals surface area contributed by atoms with Crippen LogP contribution in [0.5, 0.6) is 0 Å². The van der Waals surface area contributed by atoms with Crippen LogP contribution < -0.4 is 10.2 Å². The molecule has 2 unspecified atom stereocenters. The summed E-state index contributed by atoms with van der Waals surface area (Å²) in [6, 6.07) is 1.45. The van der Waals surface area contributed by atoms with Crippen LogP contribution in [0.1, 0.15) is 32.3 Å². The Morgan fingerprint density at radius 1 is 1.38 bits per heavy atom. The van der Waals surface area contributed by atoms with Gasteiger partial charge in [-0.05, 0) is 18.9 Å². The summed E-state index contributed by atoms with van der Waals surface area (Å²) in [5.74, 6) is 0.441. The number of aromatic nitrogens is 1. The van der Waals surface area contributed by atoms with Gasteiger partial charge in [-0.25, -0.2) is 4.98 Å². The van der Waals surface area contributed by atoms with E-state index in [0.717, 1.165) is 31.6 Å². The standard InChI is InChI=1S/C14H19ClF3N3/c1-3-10-8-21(11(4-2)7-19-10)13-12(15)5-9(6-20-13)14(16,17)18/h5-6,10-11,19H,3-4,7-8H2,1-2H3. The fourth-order valence-corrected chi connectivity index (χ4v) is 2.83. The van der Waals surface area contributed by atoms with Crippen molar-refractivity contribution < 1.29 is 13.2 Å². The molecule has 2 rings (SSSR count). The van der Waals surface area contributed by atoms with Gasteiger partial charge in [0.25, 0.3) is 0 Å². The van der Waals surface area contributed by atoms with E-state index in [1.54, 1.807) is 0 Å². The first-order valence-corrected chi connectivity index (χ1v) is 7.47. The first-order valence-electron chi connectivity index (χ1n) is 7.09. The van der Waals surface area contributed by atoms with Crippen molar-refractivity contribution >= 4 is 17.4 Å². The molecule has 0 saturated carbocycles. The molecule has 1 aromatic heterocycles. The molecule has 0 radical (unpaired) electrons. The predicted molar refractivity (Wildman–Crippen MR) is 77.8 cm³/mol. The predicted octanol–water partition coefficient (Wildman–Crippen LogP) is 3.72. The zero-order valence-corrected chi connectivity index (χ0v) is 12.8. The van der Waals surface area contributed by atoms with Crippen LogP contribution in [0.4, 0.5) is 19.0 Å². The molecule has 1 aromatic rings. The van der Waals surface area contributed by atoms with E-state index in [1.165, 1.54) is 0 Å². The number of piperazine rings is 1. The van der Waals surface area contributed by atoms with E-state index >= 15 is 0 Å². The number of anilines is 1. The highest BCUT2D eigenvalue weighted by Crippen LogP contribution is 2.34. The third-order valence-corrected chi connectivity index (χ3v) is 4.16. The fraction of sp³-hybridized carbons (Fsp3) is 0.643. The summed E-state index contributed by atoms with van der Waals surface area (Å²) in [6.07, 6.45) is -1.74. The second kappa shape index (κ2) is 6.40. The molecule has 0 aromatic carbocycles. The van der Waals surface area contributed by atoms with E-state index in [0.29, 0.717) is 18.4 Å². The molecule has 118 valence electrons. The highest BCUT2D eigenvalue weighted by molar-refractivity contribution is 6.33. The van der Waals surface area contributed by atoms with Gasteiger partial charge in [-0.2, -0.15) is 13.2 Å². The van der Waals surface area contributed by atoms with Gasteiger partial charge in [0.15, 0.2) is 0 Å². The van der Waals surface area contributed by atoms with Crippen molar-refractivity contribution in [3.63, 3.8) is 0 Å². The lowest BCUT2D eigenvalue weighted by molar-refractivity contribution is -0.137. The molecule has 1 N–H and O–H groups in total. The smallest absolute Gasteiger partial charge is 0.350 e. The Bertz CT molecular complexity index is 493. The summed E-state index contributed by atoms with van der Waals surface area (Å²) >= 11 is 6.06. The molecule has 0 amide bonds. The van der Waals surface area contributed by atoms with Crippen molar-refractivity contribution in [3.8, 4) is 0 Å². The normalized spacial score (nSPS) is 23.4. The molecule has 0 bridgehead atoms. The van der Waals surface area contributed by atoms with Gasteiger partial charge in [0.2, 0.25) is 0 Å². The van der Waals surface area contributed by atoms with Crippen molar-refractivity contribution in [2.24, 2.45) is 0 Å². The molecule has 1 aliphatic rings. The molecular weight excluding hydrogens is 303 g/mol. The van der Waals surface area contributed by atoms with Gasteiger partial charge in [-0.3, -0.25) is 0 Å². The van der Waals surface area contributed by atoms with Crippen molar-refractivity contribution in [3.05, 3.63) is 22.8 Å². The van der Waals surface area contributed by atoms with E-state index in [1.807, 2.05) is 11.8 Å². The van der Waals surface area contributed by atoms with E-state index in [9.17, 15) is 13.2 Å². The molecule has 2 atom stereocenters. The first-order chi connectivity index (χ1) is 9.86. The Hall–Kier alpha value is -1.01. The van der Waals surface area contributed by atoms with Gasteiger partial charge in [-0.1, -0.05) is 25.4 Å². The largest absolute Gasteiger partial charge is 0.417 e. The third-order valence-electron chi connectivity index (χ3n) is 3.89. The average Bonchev–Trinajstić information content (AvgIpc) is 2.45. The number of nitrogens with zero attached hydrogens (tertiary/aromatic N) is 2. The maximum absolute atomic E-state index is 12.7. The van der Waals surface area contributed by atoms with Gasteiger partial charge in [0, 0.05) is 31.4 Å². The minimum absolute atomic E-state index is 0.0556. The van der Waals surface area contributed by atoms with Crippen LogP contribution in [-0.4, -0.2) is 30.2 Å². The van der Waals surface area contributed by atoms with Crippen LogP contribution in [0.3, 0.4) is 0 Å². The molecular formula is C14H19ClF3N3. The molecule has 1 fully saturated rings. The van der Waals surface area contributed by atoms with Crippen LogP contribution >= 0.6 is 11.6 Å². The minimum Gasteiger partial charge on any atom is -0.350 e. The van der Waals surface area contributed by atoms with Crippen LogP contribution in [0.25, 0.3) is 0 Å². The Kier molecular flexibility index (Phi) is 4.99. The summed E-state index contributed by atoms with van der Waals surface area (Å²) in [5.41, 5.74) is -0.813. The Morgan fingerprint density at radius 3 is 2.62 bits per heavy atom. The monoisotopic (exact) mass is 321 g/mol. The molecule has 7 heteroatoms. The lowest BCUT2D eigenvalue weighted by Gasteiger charge is -2.41. The topological polar surface area (TPSA) is 28.2 Å². The quantitative estimate of drug-likeness (QED) is 0.919. The molecule has 3 nitrogen and oxygen atoms in total. The van der Waals surface area contributed by atoms with Crippen molar-refractivity contribution in [1.82, 2.24) is 10.3 Å². The summed E-state index contributed by atoms with van der Waals surface area (Å²) in [4.78, 5) is 6.00. The number of hydrogen-bond acceptors (Lipinski definition) is 3. The van der Waals surface area contributed by atoms with Gasteiger partial charge < -0.3 is 10.2 Å². The second-order valence-corrected chi connectivity index (χ2v) is 5.66. The Morgan fingerprint density at radius 2 is 2.10 bits per heavy atom. The third kappa shape index (κ3) is 3.61. The second-order valence-electron chi connectivity index (χ2n) is 5.26. The first kappa shape index (κ1) is 16.4. The summed E-state index contributed by atoms with van der Waals surface area (Å²) < 4.78 is 38.0. The highest BCUT2D eigenvalue weighted by atomic mass is 35.5. The van der Waals surface area contributed by atoms with Crippen molar-refractivity contribution in [1.29, 1.82) is 0 Å². The van der Waals surface area contributed by atoms with Crippen molar-refractivity contribution in [2.75, 3.05) is 18.0 Å². The zero-order chi connectivity index (χ0) is 15.6. The summed E-state index contributed by atoms with van der Waals surface area (Å²) in [6.45, 7) is 5.61. The van der Waals surface area contributed by atoms with Crippen LogP contribution in [0, 0.1) is 0 Å². The van der Waals surface area contributed by atoms with Crippen molar-refractivity contribution in [2.45, 2.75) is 44.9 Å². The SMILES string of the molecule is CCC1CN(c2ncc(C(F)(F)F)cc2Cl)C(CC)CN1. The molecule has 0 spiro atoms. The number of nitrogens with one attached hydrogen (secondary N) is 1. The maximum atomic E-state index is 12.7. The summed E-state index contributed by atoms with van der Waals surface area (Å²) in [7, 11) is 0. The highest BCUT2D eigenvalue weighted by Gasteiger charge is 2.33. The number of hydrogen-bond donors (Lipinski definition) is 1. The average molecular weight is 322 g/mol. The van der Waals surface area contributed by atoms with E-state index in [2.05, 4.69) is 17.2 Å². The molecule has 1 aliphatic heterocycles. The van der Waals surface area contributed by atoms with Gasteiger partial charge >= 0.3 is 6.18 Å². The van der Waals surface area contributed by atoms with Gasteiger partial charge in [-0.15, -0.1) is 0 Å². The fourth-order valence-electron chi connectivity index (χ4n) is 2.56. The zero-order valence-electron chi connectivity index (χ0n) is 12.0. The molecule has 0 aliphatic carbocycles. The number of alkyl halides is 3.